The fourth-order valence-corrected chi connectivity index (χ4v) is 2.59. The molecule has 0 radical (unpaired) electrons. The smallest absolute Gasteiger partial charge is 0.290 e. The number of rotatable bonds is 2. The number of hydrogen-bond acceptors (Lipinski definition) is 3. The third-order valence-corrected chi connectivity index (χ3v) is 3.98. The predicted octanol–water partition coefficient (Wildman–Crippen LogP) is 2.82. The standard InChI is InChI=1S/C17H14ClN3O2/c1-11-16(19-15-9-8-13(22)10-14(15)18)17(23)21(20(11)2)12-6-4-3-5-7-12/h3-10H,1-2H3/b19-15-. The highest BCUT2D eigenvalue weighted by atomic mass is 35.5. The van der Waals surface area contributed by atoms with Crippen molar-refractivity contribution in [1.82, 2.24) is 9.36 Å². The topological polar surface area (TPSA) is 56.4 Å². The predicted molar refractivity (Wildman–Crippen MR) is 90.9 cm³/mol. The molecule has 0 N–H and O–H groups in total. The van der Waals surface area contributed by atoms with E-state index in [-0.39, 0.29) is 16.4 Å². The average molecular weight is 328 g/mol. The first-order chi connectivity index (χ1) is 11.0. The highest BCUT2D eigenvalue weighted by Gasteiger charge is 2.17. The molecule has 1 heterocycles. The maximum absolute atomic E-state index is 12.7. The summed E-state index contributed by atoms with van der Waals surface area (Å²) >= 11 is 6.04. The number of aliphatic imine (C=N–C) groups is 1. The number of aromatic nitrogens is 2. The summed E-state index contributed by atoms with van der Waals surface area (Å²) in [5.74, 6) is -0.194. The molecule has 0 spiro atoms. The molecule has 0 saturated carbocycles. The van der Waals surface area contributed by atoms with E-state index in [2.05, 4.69) is 4.99 Å². The Kier molecular flexibility index (Phi) is 3.88. The molecular formula is C17H14ClN3O2. The van der Waals surface area contributed by atoms with Crippen molar-refractivity contribution in [3.05, 3.63) is 69.6 Å². The molecular weight excluding hydrogens is 314 g/mol. The molecule has 116 valence electrons. The zero-order valence-electron chi connectivity index (χ0n) is 12.7. The van der Waals surface area contributed by atoms with E-state index in [4.69, 9.17) is 11.6 Å². The first kappa shape index (κ1) is 15.2. The van der Waals surface area contributed by atoms with Gasteiger partial charge in [-0.1, -0.05) is 29.8 Å². The van der Waals surface area contributed by atoms with Crippen molar-refractivity contribution in [2.45, 2.75) is 6.92 Å². The Bertz CT molecular complexity index is 931. The lowest BCUT2D eigenvalue weighted by Crippen LogP contribution is -2.19. The average Bonchev–Trinajstić information content (AvgIpc) is 2.74. The van der Waals surface area contributed by atoms with Crippen LogP contribution < -0.4 is 5.56 Å². The number of allylic oxidation sites excluding steroid dienone is 4. The second-order valence-corrected chi connectivity index (χ2v) is 5.54. The lowest BCUT2D eigenvalue weighted by atomic mass is 10.1. The maximum atomic E-state index is 12.7. The normalized spacial score (nSPS) is 16.0. The Morgan fingerprint density at radius 2 is 1.78 bits per heavy atom. The van der Waals surface area contributed by atoms with Gasteiger partial charge in [0.25, 0.3) is 5.56 Å². The number of para-hydroxylation sites is 1. The van der Waals surface area contributed by atoms with E-state index in [0.29, 0.717) is 17.1 Å². The van der Waals surface area contributed by atoms with Crippen molar-refractivity contribution >= 4 is 28.8 Å². The Hall–Kier alpha value is -2.66. The third-order valence-electron chi connectivity index (χ3n) is 3.68. The van der Waals surface area contributed by atoms with Gasteiger partial charge >= 0.3 is 0 Å². The van der Waals surface area contributed by atoms with Crippen LogP contribution in [0.3, 0.4) is 0 Å². The van der Waals surface area contributed by atoms with Crippen LogP contribution in [0.5, 0.6) is 0 Å². The summed E-state index contributed by atoms with van der Waals surface area (Å²) in [5, 5.41) is 0.228. The van der Waals surface area contributed by atoms with Gasteiger partial charge in [0.2, 0.25) is 0 Å². The lowest BCUT2D eigenvalue weighted by Gasteiger charge is -2.07. The van der Waals surface area contributed by atoms with Gasteiger partial charge in [-0.05, 0) is 31.2 Å². The van der Waals surface area contributed by atoms with Crippen molar-refractivity contribution in [2.24, 2.45) is 12.0 Å². The third kappa shape index (κ3) is 2.71. The molecule has 0 unspecified atom stereocenters. The molecule has 6 heteroatoms. The summed E-state index contributed by atoms with van der Waals surface area (Å²) in [6, 6.07) is 9.32. The zero-order chi connectivity index (χ0) is 16.6. The van der Waals surface area contributed by atoms with E-state index in [1.54, 1.807) is 16.4 Å². The molecule has 0 fully saturated rings. The Balaban J connectivity index is 2.17. The van der Waals surface area contributed by atoms with Gasteiger partial charge in [0, 0.05) is 13.1 Å². The molecule has 0 bridgehead atoms. The first-order valence-corrected chi connectivity index (χ1v) is 7.39. The van der Waals surface area contributed by atoms with Gasteiger partial charge < -0.3 is 0 Å². The number of ketones is 1. The monoisotopic (exact) mass is 327 g/mol. The minimum absolute atomic E-state index is 0.194. The van der Waals surface area contributed by atoms with Gasteiger partial charge in [-0.15, -0.1) is 0 Å². The number of carbonyl (C=O) groups excluding carboxylic acids is 1. The van der Waals surface area contributed by atoms with E-state index >= 15 is 0 Å². The van der Waals surface area contributed by atoms with Gasteiger partial charge in [0.1, 0.15) is 0 Å². The molecule has 23 heavy (non-hydrogen) atoms. The molecule has 1 aromatic heterocycles. The number of halogens is 1. The van der Waals surface area contributed by atoms with Gasteiger partial charge in [0.05, 0.1) is 22.1 Å². The number of carbonyl (C=O) groups is 1. The minimum atomic E-state index is -0.238. The Morgan fingerprint density at radius 1 is 1.09 bits per heavy atom. The Labute approximate surface area is 137 Å². The zero-order valence-corrected chi connectivity index (χ0v) is 13.4. The van der Waals surface area contributed by atoms with Crippen LogP contribution in [0.4, 0.5) is 5.69 Å². The molecule has 5 nitrogen and oxygen atoms in total. The second-order valence-electron chi connectivity index (χ2n) is 5.14. The highest BCUT2D eigenvalue weighted by Crippen LogP contribution is 2.20. The second kappa shape index (κ2) is 5.85. The Morgan fingerprint density at radius 3 is 2.43 bits per heavy atom. The van der Waals surface area contributed by atoms with Crippen LogP contribution >= 0.6 is 11.6 Å². The van der Waals surface area contributed by atoms with Gasteiger partial charge in [-0.3, -0.25) is 14.3 Å². The molecule has 3 rings (SSSR count). The summed E-state index contributed by atoms with van der Waals surface area (Å²) in [6.45, 7) is 1.82. The van der Waals surface area contributed by atoms with Crippen molar-refractivity contribution in [2.75, 3.05) is 0 Å². The molecule has 0 amide bonds. The lowest BCUT2D eigenvalue weighted by molar-refractivity contribution is -0.110. The summed E-state index contributed by atoms with van der Waals surface area (Å²) < 4.78 is 3.29. The maximum Gasteiger partial charge on any atom is 0.297 e. The molecule has 1 aliphatic carbocycles. The largest absolute Gasteiger partial charge is 0.297 e. The summed E-state index contributed by atoms with van der Waals surface area (Å²) in [6.07, 6.45) is 4.18. The van der Waals surface area contributed by atoms with Crippen LogP contribution in [0.15, 0.2) is 63.4 Å². The van der Waals surface area contributed by atoms with Crippen LogP contribution in [0.1, 0.15) is 5.69 Å². The first-order valence-electron chi connectivity index (χ1n) is 7.01. The van der Waals surface area contributed by atoms with Gasteiger partial charge in [-0.25, -0.2) is 9.67 Å². The van der Waals surface area contributed by atoms with E-state index in [9.17, 15) is 9.59 Å². The summed E-state index contributed by atoms with van der Waals surface area (Å²) in [5.41, 5.74) is 1.93. The van der Waals surface area contributed by atoms with Crippen molar-refractivity contribution in [1.29, 1.82) is 0 Å². The van der Waals surface area contributed by atoms with Gasteiger partial charge in [0.15, 0.2) is 11.5 Å². The molecule has 0 aliphatic heterocycles. The van der Waals surface area contributed by atoms with E-state index < -0.39 is 0 Å². The quantitative estimate of drug-likeness (QED) is 0.796. The molecule has 1 aliphatic rings. The van der Waals surface area contributed by atoms with Crippen LogP contribution in [0.2, 0.25) is 0 Å². The van der Waals surface area contributed by atoms with Gasteiger partial charge in [-0.2, -0.15) is 0 Å². The fraction of sp³-hybridized carbons (Fsp3) is 0.118. The minimum Gasteiger partial charge on any atom is -0.290 e. The number of benzene rings is 1. The number of nitrogens with zero attached hydrogens (tertiary/aromatic N) is 3. The summed E-state index contributed by atoms with van der Waals surface area (Å²) in [7, 11) is 1.80. The SMILES string of the molecule is Cc1c(/N=C2/C=CC(=O)C=C2Cl)c(=O)n(-c2ccccc2)n1C. The highest BCUT2D eigenvalue weighted by molar-refractivity contribution is 6.48. The van der Waals surface area contributed by atoms with Crippen LogP contribution in [-0.4, -0.2) is 20.9 Å². The molecule has 1 aromatic carbocycles. The van der Waals surface area contributed by atoms with Crippen molar-refractivity contribution in [3.63, 3.8) is 0 Å². The summed E-state index contributed by atoms with van der Waals surface area (Å²) in [4.78, 5) is 28.4. The van der Waals surface area contributed by atoms with Crippen LogP contribution in [-0.2, 0) is 11.8 Å². The van der Waals surface area contributed by atoms with E-state index in [1.165, 1.54) is 18.2 Å². The van der Waals surface area contributed by atoms with E-state index in [0.717, 1.165) is 5.69 Å². The molecule has 0 atom stereocenters. The molecule has 2 aromatic rings. The fourth-order valence-electron chi connectivity index (χ4n) is 2.38. The molecule has 0 saturated heterocycles. The van der Waals surface area contributed by atoms with E-state index in [1.807, 2.05) is 37.3 Å². The number of hydrogen-bond donors (Lipinski definition) is 0. The van der Waals surface area contributed by atoms with Crippen LogP contribution in [0, 0.1) is 6.92 Å². The van der Waals surface area contributed by atoms with Crippen molar-refractivity contribution in [3.8, 4) is 5.69 Å². The van der Waals surface area contributed by atoms with Crippen molar-refractivity contribution < 1.29 is 4.79 Å². The van der Waals surface area contributed by atoms with Crippen LogP contribution in [0.25, 0.3) is 5.69 Å².